The molecule has 130 valence electrons. The van der Waals surface area contributed by atoms with Gasteiger partial charge in [-0.3, -0.25) is 30.6 Å². The van der Waals surface area contributed by atoms with Crippen LogP contribution in [0.25, 0.3) is 0 Å². The lowest BCUT2D eigenvalue weighted by molar-refractivity contribution is -0.384. The smallest absolute Gasteiger partial charge is 0.276 e. The molecule has 2 rings (SSSR count). The highest BCUT2D eigenvalue weighted by atomic mass is 35.5. The largest absolute Gasteiger partial charge is 0.481 e. The summed E-state index contributed by atoms with van der Waals surface area (Å²) in [6.07, 6.45) is 0. The van der Waals surface area contributed by atoms with Gasteiger partial charge in [0.2, 0.25) is 0 Å². The lowest BCUT2D eigenvalue weighted by Gasteiger charge is -2.10. The number of ether oxygens (including phenoxy) is 1. The number of nitro groups is 1. The second kappa shape index (κ2) is 8.06. The van der Waals surface area contributed by atoms with E-state index in [9.17, 15) is 24.1 Å². The summed E-state index contributed by atoms with van der Waals surface area (Å²) in [4.78, 5) is 33.6. The van der Waals surface area contributed by atoms with E-state index in [0.717, 1.165) is 12.1 Å². The molecular formula is C15H11ClFN3O5. The summed E-state index contributed by atoms with van der Waals surface area (Å²) in [6, 6.07) is 8.80. The van der Waals surface area contributed by atoms with E-state index in [4.69, 9.17) is 16.3 Å². The summed E-state index contributed by atoms with van der Waals surface area (Å²) in [7, 11) is 0. The van der Waals surface area contributed by atoms with Gasteiger partial charge in [-0.25, -0.2) is 4.39 Å². The summed E-state index contributed by atoms with van der Waals surface area (Å²) in [5, 5.41) is 10.7. The Balaban J connectivity index is 1.91. The van der Waals surface area contributed by atoms with Gasteiger partial charge in [-0.1, -0.05) is 23.7 Å². The van der Waals surface area contributed by atoms with Crippen molar-refractivity contribution >= 4 is 29.1 Å². The van der Waals surface area contributed by atoms with Gasteiger partial charge in [-0.15, -0.1) is 0 Å². The molecule has 0 saturated heterocycles. The van der Waals surface area contributed by atoms with Crippen LogP contribution >= 0.6 is 11.6 Å². The van der Waals surface area contributed by atoms with Crippen molar-refractivity contribution in [2.24, 2.45) is 0 Å². The van der Waals surface area contributed by atoms with Crippen molar-refractivity contribution in [2.75, 3.05) is 6.61 Å². The van der Waals surface area contributed by atoms with Gasteiger partial charge in [0.15, 0.2) is 18.2 Å². The number of carbonyl (C=O) groups excluding carboxylic acids is 2. The third kappa shape index (κ3) is 4.88. The molecule has 2 aromatic carbocycles. The molecule has 0 bridgehead atoms. The summed E-state index contributed by atoms with van der Waals surface area (Å²) >= 11 is 5.81. The second-order valence-electron chi connectivity index (χ2n) is 4.64. The van der Waals surface area contributed by atoms with Crippen LogP contribution in [0.5, 0.6) is 5.75 Å². The van der Waals surface area contributed by atoms with Crippen LogP contribution in [0, 0.1) is 15.9 Å². The summed E-state index contributed by atoms with van der Waals surface area (Å²) in [6.45, 7) is -0.552. The first-order valence-electron chi connectivity index (χ1n) is 6.79. The molecule has 25 heavy (non-hydrogen) atoms. The van der Waals surface area contributed by atoms with Crippen molar-refractivity contribution < 1.29 is 23.6 Å². The lowest BCUT2D eigenvalue weighted by Crippen LogP contribution is -2.44. The van der Waals surface area contributed by atoms with Crippen molar-refractivity contribution in [1.29, 1.82) is 0 Å². The molecule has 0 radical (unpaired) electrons. The summed E-state index contributed by atoms with van der Waals surface area (Å²) < 4.78 is 18.3. The molecule has 0 aliphatic rings. The molecule has 10 heteroatoms. The van der Waals surface area contributed by atoms with E-state index in [0.29, 0.717) is 0 Å². The lowest BCUT2D eigenvalue weighted by atomic mass is 10.2. The minimum atomic E-state index is -0.854. The van der Waals surface area contributed by atoms with Crippen molar-refractivity contribution in [3.05, 3.63) is 69.0 Å². The molecule has 0 aromatic heterocycles. The van der Waals surface area contributed by atoms with Gasteiger partial charge in [0.05, 0.1) is 15.5 Å². The minimum absolute atomic E-state index is 0.0278. The van der Waals surface area contributed by atoms with E-state index in [-0.39, 0.29) is 22.0 Å². The first-order chi connectivity index (χ1) is 11.9. The number of hydrogen-bond donors (Lipinski definition) is 2. The van der Waals surface area contributed by atoms with E-state index in [1.807, 2.05) is 10.9 Å². The van der Waals surface area contributed by atoms with E-state index in [1.165, 1.54) is 30.3 Å². The van der Waals surface area contributed by atoms with Crippen LogP contribution in [0.15, 0.2) is 42.5 Å². The van der Waals surface area contributed by atoms with Crippen LogP contribution in [0.2, 0.25) is 5.02 Å². The van der Waals surface area contributed by atoms with E-state index < -0.39 is 29.2 Å². The van der Waals surface area contributed by atoms with Gasteiger partial charge in [0.25, 0.3) is 17.5 Å². The number of para-hydroxylation sites is 1. The number of halogens is 2. The topological polar surface area (TPSA) is 111 Å². The quantitative estimate of drug-likeness (QED) is 0.622. The maximum absolute atomic E-state index is 13.3. The molecule has 2 amide bonds. The van der Waals surface area contributed by atoms with Gasteiger partial charge < -0.3 is 4.74 Å². The molecule has 0 unspecified atom stereocenters. The van der Waals surface area contributed by atoms with E-state index in [1.54, 1.807) is 0 Å². The zero-order chi connectivity index (χ0) is 18.4. The number of non-ortho nitro benzene ring substituents is 1. The number of rotatable bonds is 5. The fourth-order valence-corrected chi connectivity index (χ4v) is 1.94. The van der Waals surface area contributed by atoms with Gasteiger partial charge in [0, 0.05) is 12.1 Å². The zero-order valence-electron chi connectivity index (χ0n) is 12.5. The number of benzene rings is 2. The predicted octanol–water partition coefficient (Wildman–Crippen LogP) is 2.23. The second-order valence-corrected chi connectivity index (χ2v) is 5.05. The third-order valence-corrected chi connectivity index (χ3v) is 3.25. The Bertz CT molecular complexity index is 831. The van der Waals surface area contributed by atoms with Gasteiger partial charge in [0.1, 0.15) is 0 Å². The van der Waals surface area contributed by atoms with Crippen LogP contribution in [0.1, 0.15) is 10.4 Å². The van der Waals surface area contributed by atoms with Crippen LogP contribution in [0.3, 0.4) is 0 Å². The maximum Gasteiger partial charge on any atom is 0.276 e. The van der Waals surface area contributed by atoms with Gasteiger partial charge in [-0.2, -0.15) is 0 Å². The molecule has 0 saturated carbocycles. The summed E-state index contributed by atoms with van der Waals surface area (Å²) in [5.41, 5.74) is 3.55. The van der Waals surface area contributed by atoms with E-state index >= 15 is 0 Å². The van der Waals surface area contributed by atoms with Crippen LogP contribution in [0.4, 0.5) is 10.1 Å². The number of nitrogens with zero attached hydrogens (tertiary/aromatic N) is 1. The van der Waals surface area contributed by atoms with Crippen LogP contribution < -0.4 is 15.6 Å². The minimum Gasteiger partial charge on any atom is -0.481 e. The van der Waals surface area contributed by atoms with Crippen molar-refractivity contribution in [1.82, 2.24) is 10.9 Å². The Morgan fingerprint density at radius 3 is 2.60 bits per heavy atom. The van der Waals surface area contributed by atoms with Crippen molar-refractivity contribution in [3.63, 3.8) is 0 Å². The Hall–Kier alpha value is -3.20. The van der Waals surface area contributed by atoms with E-state index in [2.05, 4.69) is 0 Å². The molecule has 0 atom stereocenters. The monoisotopic (exact) mass is 367 g/mol. The molecule has 2 N–H and O–H groups in total. The molecular weight excluding hydrogens is 357 g/mol. The third-order valence-electron chi connectivity index (χ3n) is 2.92. The molecule has 0 aliphatic carbocycles. The zero-order valence-corrected chi connectivity index (χ0v) is 13.2. The summed E-state index contributed by atoms with van der Waals surface area (Å²) in [5.74, 6) is -2.38. The fraction of sp³-hybridized carbons (Fsp3) is 0.0667. The molecule has 2 aromatic rings. The average Bonchev–Trinajstić information content (AvgIpc) is 2.59. The Kier molecular flexibility index (Phi) is 5.85. The van der Waals surface area contributed by atoms with Gasteiger partial charge >= 0.3 is 0 Å². The SMILES string of the molecule is O=C(COc1ccccc1F)NNC(=O)c1cc([N+](=O)[O-])ccc1Cl. The highest BCUT2D eigenvalue weighted by molar-refractivity contribution is 6.34. The number of hydrogen-bond acceptors (Lipinski definition) is 5. The predicted molar refractivity (Wildman–Crippen MR) is 85.6 cm³/mol. The van der Waals surface area contributed by atoms with Crippen LogP contribution in [-0.4, -0.2) is 23.3 Å². The number of nitro benzene ring substituents is 1. The Morgan fingerprint density at radius 2 is 1.92 bits per heavy atom. The number of carbonyl (C=O) groups is 2. The molecule has 0 fully saturated rings. The molecule has 0 spiro atoms. The highest BCUT2D eigenvalue weighted by Gasteiger charge is 2.16. The van der Waals surface area contributed by atoms with Gasteiger partial charge in [-0.05, 0) is 18.2 Å². The molecule has 0 heterocycles. The number of amides is 2. The first-order valence-corrected chi connectivity index (χ1v) is 7.16. The normalized spacial score (nSPS) is 10.0. The Morgan fingerprint density at radius 1 is 1.20 bits per heavy atom. The number of nitrogens with one attached hydrogen (secondary N) is 2. The van der Waals surface area contributed by atoms with Crippen molar-refractivity contribution in [2.45, 2.75) is 0 Å². The average molecular weight is 368 g/mol. The van der Waals surface area contributed by atoms with Crippen molar-refractivity contribution in [3.8, 4) is 5.75 Å². The number of hydrazine groups is 1. The first kappa shape index (κ1) is 18.1. The molecule has 8 nitrogen and oxygen atoms in total. The maximum atomic E-state index is 13.3. The Labute approximate surface area is 145 Å². The standard InChI is InChI=1S/C15H11ClFN3O5/c16-11-6-5-9(20(23)24)7-10(11)15(22)19-18-14(21)8-25-13-4-2-1-3-12(13)17/h1-7H,8H2,(H,18,21)(H,19,22). The van der Waals surface area contributed by atoms with Crippen LogP contribution in [-0.2, 0) is 4.79 Å². The highest BCUT2D eigenvalue weighted by Crippen LogP contribution is 2.21. The molecule has 0 aliphatic heterocycles. The fourth-order valence-electron chi connectivity index (χ4n) is 1.74.